The molecule has 0 aliphatic carbocycles. The van der Waals surface area contributed by atoms with Gasteiger partial charge in [-0.05, 0) is 44.0 Å². The van der Waals surface area contributed by atoms with Crippen LogP contribution >= 0.6 is 0 Å². The molecule has 3 rings (SSSR count). The highest BCUT2D eigenvalue weighted by atomic mass is 19.4. The van der Waals surface area contributed by atoms with Gasteiger partial charge in [0.15, 0.2) is 0 Å². The van der Waals surface area contributed by atoms with Crippen molar-refractivity contribution in [2.75, 3.05) is 13.1 Å². The number of likely N-dealkylation sites (tertiary alicyclic amines) is 1. The highest BCUT2D eigenvalue weighted by Crippen LogP contribution is 2.32. The van der Waals surface area contributed by atoms with Crippen molar-refractivity contribution in [3.8, 4) is 0 Å². The molecular formula is C21H21F3N2O2. The fourth-order valence-electron chi connectivity index (χ4n) is 3.38. The molecule has 0 unspecified atom stereocenters. The number of hydrogen-bond acceptors (Lipinski definition) is 2. The van der Waals surface area contributed by atoms with Gasteiger partial charge in [0.25, 0.3) is 11.8 Å². The van der Waals surface area contributed by atoms with E-state index in [2.05, 4.69) is 5.32 Å². The third-order valence-corrected chi connectivity index (χ3v) is 4.86. The topological polar surface area (TPSA) is 49.4 Å². The number of amides is 2. The van der Waals surface area contributed by atoms with Crippen LogP contribution in [0.1, 0.15) is 44.7 Å². The Labute approximate surface area is 161 Å². The van der Waals surface area contributed by atoms with E-state index in [-0.39, 0.29) is 17.5 Å². The van der Waals surface area contributed by atoms with E-state index in [0.29, 0.717) is 31.5 Å². The van der Waals surface area contributed by atoms with Crippen molar-refractivity contribution in [2.45, 2.75) is 32.0 Å². The molecule has 0 saturated carbocycles. The Morgan fingerprint density at radius 1 is 1.04 bits per heavy atom. The summed E-state index contributed by atoms with van der Waals surface area (Å²) in [6, 6.07) is 11.8. The summed E-state index contributed by atoms with van der Waals surface area (Å²) >= 11 is 0. The molecule has 0 spiro atoms. The molecule has 148 valence electrons. The minimum absolute atomic E-state index is 0.0732. The van der Waals surface area contributed by atoms with E-state index in [1.165, 1.54) is 18.2 Å². The fourth-order valence-corrected chi connectivity index (χ4v) is 3.38. The highest BCUT2D eigenvalue weighted by Gasteiger charge is 2.35. The number of hydrogen-bond donors (Lipinski definition) is 1. The number of nitrogens with one attached hydrogen (secondary N) is 1. The van der Waals surface area contributed by atoms with E-state index in [9.17, 15) is 22.8 Å². The van der Waals surface area contributed by atoms with Crippen LogP contribution in [0.25, 0.3) is 0 Å². The van der Waals surface area contributed by atoms with Gasteiger partial charge in [-0.1, -0.05) is 29.8 Å². The highest BCUT2D eigenvalue weighted by molar-refractivity contribution is 5.96. The van der Waals surface area contributed by atoms with Crippen LogP contribution in [0.5, 0.6) is 0 Å². The van der Waals surface area contributed by atoms with Crippen molar-refractivity contribution in [3.05, 3.63) is 70.8 Å². The SMILES string of the molecule is Cc1cccc(C(=O)N2CCC(NC(=O)c3ccccc3C(F)(F)F)CC2)c1. The first-order valence-corrected chi connectivity index (χ1v) is 9.09. The molecule has 1 aliphatic rings. The zero-order valence-electron chi connectivity index (χ0n) is 15.4. The summed E-state index contributed by atoms with van der Waals surface area (Å²) in [6.07, 6.45) is -3.59. The smallest absolute Gasteiger partial charge is 0.349 e. The van der Waals surface area contributed by atoms with Crippen LogP contribution < -0.4 is 5.32 Å². The second-order valence-corrected chi connectivity index (χ2v) is 6.95. The van der Waals surface area contributed by atoms with Crippen LogP contribution in [-0.2, 0) is 6.18 Å². The lowest BCUT2D eigenvalue weighted by atomic mass is 10.0. The molecule has 1 fully saturated rings. The number of aryl methyl sites for hydroxylation is 1. The zero-order valence-corrected chi connectivity index (χ0v) is 15.4. The molecule has 2 amide bonds. The van der Waals surface area contributed by atoms with Gasteiger partial charge in [0.2, 0.25) is 0 Å². The third kappa shape index (κ3) is 4.52. The van der Waals surface area contributed by atoms with Crippen LogP contribution in [-0.4, -0.2) is 35.8 Å². The minimum atomic E-state index is -4.59. The Morgan fingerprint density at radius 2 is 1.71 bits per heavy atom. The Bertz CT molecular complexity index is 872. The summed E-state index contributed by atoms with van der Waals surface area (Å²) in [6.45, 7) is 2.80. The summed E-state index contributed by atoms with van der Waals surface area (Å²) < 4.78 is 39.3. The van der Waals surface area contributed by atoms with Crippen LogP contribution in [0.3, 0.4) is 0 Å². The molecule has 1 saturated heterocycles. The molecule has 0 radical (unpaired) electrons. The Hall–Kier alpha value is -2.83. The number of rotatable bonds is 3. The maximum atomic E-state index is 13.1. The summed E-state index contributed by atoms with van der Waals surface area (Å²) in [5, 5.41) is 2.68. The van der Waals surface area contributed by atoms with Gasteiger partial charge in [-0.25, -0.2) is 0 Å². The molecule has 4 nitrogen and oxygen atoms in total. The Morgan fingerprint density at radius 3 is 2.36 bits per heavy atom. The molecule has 0 bridgehead atoms. The van der Waals surface area contributed by atoms with Gasteiger partial charge < -0.3 is 10.2 Å². The Balaban J connectivity index is 1.61. The van der Waals surface area contributed by atoms with Gasteiger partial charge in [0, 0.05) is 24.7 Å². The fraction of sp³-hybridized carbons (Fsp3) is 0.333. The van der Waals surface area contributed by atoms with Crippen LogP contribution in [0.15, 0.2) is 48.5 Å². The van der Waals surface area contributed by atoms with Crippen LogP contribution in [0, 0.1) is 6.92 Å². The van der Waals surface area contributed by atoms with E-state index in [1.807, 2.05) is 25.1 Å². The summed E-state index contributed by atoms with van der Waals surface area (Å²) in [5.41, 5.74) is 0.283. The second kappa shape index (κ2) is 8.04. The van der Waals surface area contributed by atoms with Crippen molar-refractivity contribution >= 4 is 11.8 Å². The molecule has 7 heteroatoms. The maximum Gasteiger partial charge on any atom is 0.417 e. The quantitative estimate of drug-likeness (QED) is 0.860. The van der Waals surface area contributed by atoms with Gasteiger partial charge in [0.05, 0.1) is 11.1 Å². The van der Waals surface area contributed by atoms with Gasteiger partial charge in [-0.15, -0.1) is 0 Å². The molecular weight excluding hydrogens is 369 g/mol. The lowest BCUT2D eigenvalue weighted by Crippen LogP contribution is -2.46. The molecule has 2 aromatic rings. The molecule has 1 N–H and O–H groups in total. The van der Waals surface area contributed by atoms with E-state index in [1.54, 1.807) is 11.0 Å². The average Bonchev–Trinajstić information content (AvgIpc) is 2.67. The predicted octanol–water partition coefficient (Wildman–Crippen LogP) is 4.05. The minimum Gasteiger partial charge on any atom is -0.349 e. The molecule has 0 aromatic heterocycles. The molecule has 28 heavy (non-hydrogen) atoms. The number of nitrogens with zero attached hydrogens (tertiary/aromatic N) is 1. The number of carbonyl (C=O) groups excluding carboxylic acids is 2. The number of alkyl halides is 3. The van der Waals surface area contributed by atoms with Crippen molar-refractivity contribution in [1.29, 1.82) is 0 Å². The second-order valence-electron chi connectivity index (χ2n) is 6.95. The normalized spacial score (nSPS) is 15.4. The number of halogens is 3. The van der Waals surface area contributed by atoms with Gasteiger partial charge in [-0.2, -0.15) is 13.2 Å². The first-order valence-electron chi connectivity index (χ1n) is 9.09. The third-order valence-electron chi connectivity index (χ3n) is 4.86. The van der Waals surface area contributed by atoms with Crippen molar-refractivity contribution in [1.82, 2.24) is 10.2 Å². The number of benzene rings is 2. The Kier molecular flexibility index (Phi) is 5.72. The van der Waals surface area contributed by atoms with Crippen LogP contribution in [0.4, 0.5) is 13.2 Å². The van der Waals surface area contributed by atoms with E-state index < -0.39 is 17.6 Å². The standard InChI is InChI=1S/C21H21F3N2O2/c1-14-5-4-6-15(13-14)20(28)26-11-9-16(10-12-26)25-19(27)17-7-2-3-8-18(17)21(22,23)24/h2-8,13,16H,9-12H2,1H3,(H,25,27). The van der Waals surface area contributed by atoms with E-state index in [0.717, 1.165) is 11.6 Å². The summed E-state index contributed by atoms with van der Waals surface area (Å²) in [7, 11) is 0. The zero-order chi connectivity index (χ0) is 20.3. The lowest BCUT2D eigenvalue weighted by Gasteiger charge is -2.32. The predicted molar refractivity (Wildman–Crippen MR) is 99.0 cm³/mol. The van der Waals surface area contributed by atoms with Gasteiger partial charge >= 0.3 is 6.18 Å². The summed E-state index contributed by atoms with van der Waals surface area (Å²) in [4.78, 5) is 26.6. The van der Waals surface area contributed by atoms with Crippen LogP contribution in [0.2, 0.25) is 0 Å². The lowest BCUT2D eigenvalue weighted by molar-refractivity contribution is -0.137. The van der Waals surface area contributed by atoms with Crippen molar-refractivity contribution in [3.63, 3.8) is 0 Å². The number of carbonyl (C=O) groups is 2. The summed E-state index contributed by atoms with van der Waals surface area (Å²) in [5.74, 6) is -0.813. The number of piperidine rings is 1. The van der Waals surface area contributed by atoms with Gasteiger partial charge in [0.1, 0.15) is 0 Å². The first kappa shape index (κ1) is 19.9. The average molecular weight is 390 g/mol. The van der Waals surface area contributed by atoms with E-state index in [4.69, 9.17) is 0 Å². The van der Waals surface area contributed by atoms with Gasteiger partial charge in [-0.3, -0.25) is 9.59 Å². The maximum absolute atomic E-state index is 13.1. The molecule has 1 heterocycles. The first-order chi connectivity index (χ1) is 13.3. The molecule has 2 aromatic carbocycles. The molecule has 0 atom stereocenters. The largest absolute Gasteiger partial charge is 0.417 e. The molecule has 1 aliphatic heterocycles. The van der Waals surface area contributed by atoms with Crippen molar-refractivity contribution in [2.24, 2.45) is 0 Å². The van der Waals surface area contributed by atoms with E-state index >= 15 is 0 Å². The monoisotopic (exact) mass is 390 g/mol. The van der Waals surface area contributed by atoms with Crippen molar-refractivity contribution < 1.29 is 22.8 Å².